The molecule has 0 heterocycles. The second kappa shape index (κ2) is 6.78. The summed E-state index contributed by atoms with van der Waals surface area (Å²) in [6.45, 7) is 2.15. The molecule has 2 rings (SSSR count). The summed E-state index contributed by atoms with van der Waals surface area (Å²) in [6, 6.07) is 14.6. The van der Waals surface area contributed by atoms with Crippen LogP contribution in [0.2, 0.25) is 5.02 Å². The van der Waals surface area contributed by atoms with Gasteiger partial charge in [-0.25, -0.2) is 0 Å². The Morgan fingerprint density at radius 2 is 1.68 bits per heavy atom. The van der Waals surface area contributed by atoms with Gasteiger partial charge in [-0.15, -0.1) is 0 Å². The predicted octanol–water partition coefficient (Wildman–Crippen LogP) is 5.91. The van der Waals surface area contributed by atoms with Crippen molar-refractivity contribution in [2.24, 2.45) is 0 Å². The summed E-state index contributed by atoms with van der Waals surface area (Å²) in [5.41, 5.74) is 2.27. The first kappa shape index (κ1) is 14.9. The van der Waals surface area contributed by atoms with Crippen molar-refractivity contribution in [1.29, 1.82) is 0 Å². The van der Waals surface area contributed by atoms with Gasteiger partial charge in [0, 0.05) is 15.0 Å². The third-order valence-electron chi connectivity index (χ3n) is 2.79. The zero-order chi connectivity index (χ0) is 13.8. The molecule has 1 atom stereocenters. The fourth-order valence-electron chi connectivity index (χ4n) is 1.90. The van der Waals surface area contributed by atoms with E-state index in [1.807, 2.05) is 18.2 Å². The maximum Gasteiger partial charge on any atom is 0.0648 e. The molecular formula is C15H14Br2ClN. The molecule has 100 valence electrons. The van der Waals surface area contributed by atoms with Crippen LogP contribution >= 0.6 is 43.5 Å². The Labute approximate surface area is 135 Å². The molecule has 0 spiro atoms. The monoisotopic (exact) mass is 401 g/mol. The average molecular weight is 404 g/mol. The lowest BCUT2D eigenvalue weighted by atomic mass is 10.1. The molecule has 4 heteroatoms. The summed E-state index contributed by atoms with van der Waals surface area (Å²) in [4.78, 5) is 0. The second-order valence-electron chi connectivity index (χ2n) is 4.50. The molecule has 0 bridgehead atoms. The standard InChI is InChI=1S/C15H14Br2ClN/c1-10(8-11-2-4-12(16)5-3-11)19-15-7-6-13(17)9-14(15)18/h2-7,9-10,19H,8H2,1H3. The van der Waals surface area contributed by atoms with Gasteiger partial charge in [-0.2, -0.15) is 0 Å². The van der Waals surface area contributed by atoms with Crippen molar-refractivity contribution < 1.29 is 0 Å². The van der Waals surface area contributed by atoms with Crippen molar-refractivity contribution >= 4 is 49.1 Å². The molecule has 0 saturated heterocycles. The number of hydrogen-bond donors (Lipinski definition) is 1. The van der Waals surface area contributed by atoms with Crippen LogP contribution in [0.4, 0.5) is 5.69 Å². The third kappa shape index (κ3) is 4.51. The lowest BCUT2D eigenvalue weighted by molar-refractivity contribution is 0.790. The van der Waals surface area contributed by atoms with E-state index in [1.54, 1.807) is 0 Å². The predicted molar refractivity (Wildman–Crippen MR) is 90.1 cm³/mol. The van der Waals surface area contributed by atoms with Gasteiger partial charge in [0.2, 0.25) is 0 Å². The van der Waals surface area contributed by atoms with E-state index < -0.39 is 0 Å². The zero-order valence-electron chi connectivity index (χ0n) is 10.5. The number of hydrogen-bond acceptors (Lipinski definition) is 1. The minimum atomic E-state index is 0.319. The van der Waals surface area contributed by atoms with Crippen molar-refractivity contribution in [1.82, 2.24) is 0 Å². The highest BCUT2D eigenvalue weighted by Gasteiger charge is 2.06. The minimum Gasteiger partial charge on any atom is -0.381 e. The number of rotatable bonds is 4. The van der Waals surface area contributed by atoms with E-state index in [0.29, 0.717) is 6.04 Å². The summed E-state index contributed by atoms with van der Waals surface area (Å²) in [7, 11) is 0. The topological polar surface area (TPSA) is 12.0 Å². The van der Waals surface area contributed by atoms with Gasteiger partial charge >= 0.3 is 0 Å². The third-order valence-corrected chi connectivity index (χ3v) is 4.12. The maximum absolute atomic E-state index is 6.20. The molecule has 0 amide bonds. The quantitative estimate of drug-likeness (QED) is 0.669. The molecule has 1 N–H and O–H groups in total. The zero-order valence-corrected chi connectivity index (χ0v) is 14.4. The fraction of sp³-hybridized carbons (Fsp3) is 0.200. The smallest absolute Gasteiger partial charge is 0.0648 e. The van der Waals surface area contributed by atoms with Crippen LogP contribution in [0.3, 0.4) is 0 Å². The lowest BCUT2D eigenvalue weighted by Gasteiger charge is -2.16. The Hall–Kier alpha value is -0.510. The van der Waals surface area contributed by atoms with E-state index in [2.05, 4.69) is 68.4 Å². The largest absolute Gasteiger partial charge is 0.381 e. The Balaban J connectivity index is 2.01. The molecule has 2 aromatic rings. The van der Waals surface area contributed by atoms with Crippen molar-refractivity contribution in [2.75, 3.05) is 5.32 Å². The molecule has 0 aliphatic rings. The number of halogens is 3. The van der Waals surface area contributed by atoms with E-state index in [4.69, 9.17) is 11.6 Å². The highest BCUT2D eigenvalue weighted by molar-refractivity contribution is 9.10. The first-order valence-corrected chi connectivity index (χ1v) is 7.97. The van der Waals surface area contributed by atoms with Gasteiger partial charge < -0.3 is 5.32 Å². The van der Waals surface area contributed by atoms with Crippen LogP contribution in [0.5, 0.6) is 0 Å². The van der Waals surface area contributed by atoms with Gasteiger partial charge in [0.1, 0.15) is 0 Å². The molecule has 0 aliphatic carbocycles. The summed E-state index contributed by atoms with van der Waals surface area (Å²) in [5.74, 6) is 0. The Morgan fingerprint density at radius 3 is 2.32 bits per heavy atom. The molecule has 0 fully saturated rings. The normalized spacial score (nSPS) is 12.2. The van der Waals surface area contributed by atoms with E-state index >= 15 is 0 Å². The van der Waals surface area contributed by atoms with Gasteiger partial charge in [0.05, 0.1) is 10.7 Å². The first-order chi connectivity index (χ1) is 9.04. The van der Waals surface area contributed by atoms with Crippen LogP contribution in [-0.2, 0) is 6.42 Å². The molecule has 0 aliphatic heterocycles. The van der Waals surface area contributed by atoms with Crippen LogP contribution in [0, 0.1) is 0 Å². The van der Waals surface area contributed by atoms with E-state index in [-0.39, 0.29) is 0 Å². The minimum absolute atomic E-state index is 0.319. The van der Waals surface area contributed by atoms with Gasteiger partial charge in [-0.3, -0.25) is 0 Å². The van der Waals surface area contributed by atoms with Crippen LogP contribution in [0.15, 0.2) is 51.4 Å². The molecular weight excluding hydrogens is 389 g/mol. The first-order valence-electron chi connectivity index (χ1n) is 6.00. The van der Waals surface area contributed by atoms with Gasteiger partial charge in [-0.1, -0.05) is 55.6 Å². The van der Waals surface area contributed by atoms with Gasteiger partial charge in [0.25, 0.3) is 0 Å². The molecule has 19 heavy (non-hydrogen) atoms. The molecule has 1 nitrogen and oxygen atoms in total. The SMILES string of the molecule is CC(Cc1ccc(Br)cc1)Nc1ccc(Br)cc1Cl. The Morgan fingerprint density at radius 1 is 1.05 bits per heavy atom. The fourth-order valence-corrected chi connectivity index (χ4v) is 2.89. The summed E-state index contributed by atoms with van der Waals surface area (Å²) < 4.78 is 2.09. The van der Waals surface area contributed by atoms with Crippen LogP contribution in [-0.4, -0.2) is 6.04 Å². The van der Waals surface area contributed by atoms with E-state index in [0.717, 1.165) is 26.1 Å². The highest BCUT2D eigenvalue weighted by atomic mass is 79.9. The number of nitrogens with one attached hydrogen (secondary N) is 1. The Bertz CT molecular complexity index is 555. The number of anilines is 1. The van der Waals surface area contributed by atoms with Gasteiger partial charge in [-0.05, 0) is 49.2 Å². The van der Waals surface area contributed by atoms with Crippen molar-refractivity contribution in [3.05, 3.63) is 62.0 Å². The van der Waals surface area contributed by atoms with E-state index in [1.165, 1.54) is 5.56 Å². The second-order valence-corrected chi connectivity index (χ2v) is 6.74. The van der Waals surface area contributed by atoms with Crippen molar-refractivity contribution in [3.8, 4) is 0 Å². The van der Waals surface area contributed by atoms with Crippen molar-refractivity contribution in [2.45, 2.75) is 19.4 Å². The molecule has 2 aromatic carbocycles. The van der Waals surface area contributed by atoms with Crippen LogP contribution in [0.1, 0.15) is 12.5 Å². The van der Waals surface area contributed by atoms with Crippen LogP contribution in [0.25, 0.3) is 0 Å². The van der Waals surface area contributed by atoms with Crippen molar-refractivity contribution in [3.63, 3.8) is 0 Å². The molecule has 0 aromatic heterocycles. The maximum atomic E-state index is 6.20. The van der Waals surface area contributed by atoms with Crippen LogP contribution < -0.4 is 5.32 Å². The lowest BCUT2D eigenvalue weighted by Crippen LogP contribution is -2.18. The molecule has 1 unspecified atom stereocenters. The molecule has 0 saturated carbocycles. The summed E-state index contributed by atoms with van der Waals surface area (Å²) in [5, 5.41) is 4.17. The summed E-state index contributed by atoms with van der Waals surface area (Å²) >= 11 is 13.0. The van der Waals surface area contributed by atoms with Gasteiger partial charge in [0.15, 0.2) is 0 Å². The molecule has 0 radical (unpaired) electrons. The summed E-state index contributed by atoms with van der Waals surface area (Å²) in [6.07, 6.45) is 0.958. The average Bonchev–Trinajstić information content (AvgIpc) is 2.36. The number of benzene rings is 2. The Kier molecular flexibility index (Phi) is 5.31. The highest BCUT2D eigenvalue weighted by Crippen LogP contribution is 2.26. The van der Waals surface area contributed by atoms with E-state index in [9.17, 15) is 0 Å².